The SMILES string of the molecule is CC(C)(C)c1cccc(CNC(=O)[C@H](N)Cc2cnc[nH]2)c1. The lowest BCUT2D eigenvalue weighted by Gasteiger charge is -2.20. The molecule has 22 heavy (non-hydrogen) atoms. The summed E-state index contributed by atoms with van der Waals surface area (Å²) >= 11 is 0. The molecule has 0 aliphatic rings. The van der Waals surface area contributed by atoms with E-state index in [0.29, 0.717) is 13.0 Å². The standard InChI is InChI=1S/C17H24N4O/c1-17(2,3)13-6-4-5-12(7-13)9-20-16(22)15(18)8-14-10-19-11-21-14/h4-7,10-11,15H,8-9,18H2,1-3H3,(H,19,21)(H,20,22)/t15-/m1/s1. The van der Waals surface area contributed by atoms with Gasteiger partial charge in [0.05, 0.1) is 12.4 Å². The van der Waals surface area contributed by atoms with Gasteiger partial charge in [-0.15, -0.1) is 0 Å². The maximum absolute atomic E-state index is 12.1. The number of amides is 1. The number of benzene rings is 1. The molecular weight excluding hydrogens is 276 g/mol. The van der Waals surface area contributed by atoms with E-state index >= 15 is 0 Å². The number of aromatic amines is 1. The van der Waals surface area contributed by atoms with Crippen LogP contribution in [0.15, 0.2) is 36.8 Å². The van der Waals surface area contributed by atoms with E-state index in [-0.39, 0.29) is 11.3 Å². The summed E-state index contributed by atoms with van der Waals surface area (Å²) in [7, 11) is 0. The molecule has 2 rings (SSSR count). The summed E-state index contributed by atoms with van der Waals surface area (Å²) < 4.78 is 0. The lowest BCUT2D eigenvalue weighted by atomic mass is 9.86. The van der Waals surface area contributed by atoms with Gasteiger partial charge in [0.25, 0.3) is 0 Å². The Balaban J connectivity index is 1.91. The van der Waals surface area contributed by atoms with Crippen molar-refractivity contribution in [1.82, 2.24) is 15.3 Å². The van der Waals surface area contributed by atoms with E-state index in [1.165, 1.54) is 5.56 Å². The third kappa shape index (κ3) is 4.43. The van der Waals surface area contributed by atoms with Crippen LogP contribution in [-0.2, 0) is 23.2 Å². The summed E-state index contributed by atoms with van der Waals surface area (Å²) in [6, 6.07) is 7.68. The van der Waals surface area contributed by atoms with Gasteiger partial charge in [-0.25, -0.2) is 4.98 Å². The molecule has 1 aromatic heterocycles. The summed E-state index contributed by atoms with van der Waals surface area (Å²) in [5.41, 5.74) is 9.19. The molecule has 0 saturated carbocycles. The molecule has 1 aromatic carbocycles. The third-order valence-electron chi connectivity index (χ3n) is 3.59. The summed E-state index contributed by atoms with van der Waals surface area (Å²) in [6.45, 7) is 7.00. The predicted molar refractivity (Wildman–Crippen MR) is 87.3 cm³/mol. The van der Waals surface area contributed by atoms with Gasteiger partial charge in [-0.1, -0.05) is 45.0 Å². The largest absolute Gasteiger partial charge is 0.351 e. The Morgan fingerprint density at radius 3 is 2.82 bits per heavy atom. The highest BCUT2D eigenvalue weighted by atomic mass is 16.2. The fourth-order valence-electron chi connectivity index (χ4n) is 2.19. The van der Waals surface area contributed by atoms with Crippen molar-refractivity contribution in [3.8, 4) is 0 Å². The molecule has 0 aliphatic carbocycles. The van der Waals surface area contributed by atoms with E-state index in [1.807, 2.05) is 12.1 Å². The summed E-state index contributed by atoms with van der Waals surface area (Å²) in [5.74, 6) is -0.157. The molecule has 0 spiro atoms. The predicted octanol–water partition coefficient (Wildman–Crippen LogP) is 1.89. The van der Waals surface area contributed by atoms with Crippen LogP contribution < -0.4 is 11.1 Å². The van der Waals surface area contributed by atoms with Crippen molar-refractivity contribution in [2.45, 2.75) is 45.2 Å². The number of carbonyl (C=O) groups is 1. The molecule has 0 fully saturated rings. The van der Waals surface area contributed by atoms with Gasteiger partial charge >= 0.3 is 0 Å². The maximum Gasteiger partial charge on any atom is 0.237 e. The lowest BCUT2D eigenvalue weighted by Crippen LogP contribution is -2.41. The number of nitrogens with one attached hydrogen (secondary N) is 2. The number of hydrogen-bond acceptors (Lipinski definition) is 3. The van der Waals surface area contributed by atoms with E-state index in [9.17, 15) is 4.79 Å². The van der Waals surface area contributed by atoms with E-state index in [2.05, 4.69) is 48.2 Å². The first-order chi connectivity index (χ1) is 10.4. The summed E-state index contributed by atoms with van der Waals surface area (Å²) in [4.78, 5) is 18.9. The molecule has 0 radical (unpaired) electrons. The average molecular weight is 300 g/mol. The van der Waals surface area contributed by atoms with Gasteiger partial charge in [0.15, 0.2) is 0 Å². The molecule has 1 heterocycles. The van der Waals surface area contributed by atoms with Crippen LogP contribution in [0, 0.1) is 0 Å². The number of imidazole rings is 1. The van der Waals surface area contributed by atoms with Crippen molar-refractivity contribution in [2.75, 3.05) is 0 Å². The molecule has 5 heteroatoms. The smallest absolute Gasteiger partial charge is 0.237 e. The van der Waals surface area contributed by atoms with E-state index in [1.54, 1.807) is 12.5 Å². The molecule has 1 atom stereocenters. The van der Waals surface area contributed by atoms with Crippen LogP contribution >= 0.6 is 0 Å². The van der Waals surface area contributed by atoms with Crippen molar-refractivity contribution in [1.29, 1.82) is 0 Å². The van der Waals surface area contributed by atoms with E-state index in [4.69, 9.17) is 5.73 Å². The molecule has 0 aliphatic heterocycles. The molecule has 1 amide bonds. The van der Waals surface area contributed by atoms with Crippen LogP contribution in [0.2, 0.25) is 0 Å². The minimum absolute atomic E-state index is 0.0943. The Morgan fingerprint density at radius 1 is 1.41 bits per heavy atom. The van der Waals surface area contributed by atoms with Gasteiger partial charge < -0.3 is 16.0 Å². The molecule has 4 N–H and O–H groups in total. The number of H-pyrrole nitrogens is 1. The molecule has 5 nitrogen and oxygen atoms in total. The zero-order valence-corrected chi connectivity index (χ0v) is 13.4. The Labute approximate surface area is 131 Å². The Morgan fingerprint density at radius 2 is 2.18 bits per heavy atom. The first kappa shape index (κ1) is 16.2. The third-order valence-corrected chi connectivity index (χ3v) is 3.59. The second kappa shape index (κ2) is 6.75. The number of nitrogens with zero attached hydrogens (tertiary/aromatic N) is 1. The number of nitrogens with two attached hydrogens (primary N) is 1. The van der Waals surface area contributed by atoms with Crippen molar-refractivity contribution in [3.05, 3.63) is 53.6 Å². The fraction of sp³-hybridized carbons (Fsp3) is 0.412. The number of rotatable bonds is 5. The minimum atomic E-state index is -0.578. The highest BCUT2D eigenvalue weighted by Gasteiger charge is 2.16. The first-order valence-electron chi connectivity index (χ1n) is 7.46. The molecule has 0 bridgehead atoms. The van der Waals surface area contributed by atoms with Gasteiger partial charge in [-0.3, -0.25) is 4.79 Å². The normalized spacial score (nSPS) is 12.9. The zero-order chi connectivity index (χ0) is 16.2. The molecule has 118 valence electrons. The second-order valence-corrected chi connectivity index (χ2v) is 6.56. The van der Waals surface area contributed by atoms with Crippen molar-refractivity contribution in [2.24, 2.45) is 5.73 Å². The van der Waals surface area contributed by atoms with Gasteiger partial charge in [0.2, 0.25) is 5.91 Å². The van der Waals surface area contributed by atoms with Gasteiger partial charge in [-0.2, -0.15) is 0 Å². The second-order valence-electron chi connectivity index (χ2n) is 6.56. The van der Waals surface area contributed by atoms with E-state index < -0.39 is 6.04 Å². The van der Waals surface area contributed by atoms with E-state index in [0.717, 1.165) is 11.3 Å². The highest BCUT2D eigenvalue weighted by Crippen LogP contribution is 2.22. The maximum atomic E-state index is 12.1. The van der Waals surface area contributed by atoms with Crippen LogP contribution in [0.4, 0.5) is 0 Å². The lowest BCUT2D eigenvalue weighted by molar-refractivity contribution is -0.122. The Hall–Kier alpha value is -2.14. The number of carbonyl (C=O) groups excluding carboxylic acids is 1. The molecular formula is C17H24N4O. The fourth-order valence-corrected chi connectivity index (χ4v) is 2.19. The average Bonchev–Trinajstić information content (AvgIpc) is 2.97. The van der Waals surface area contributed by atoms with Gasteiger partial charge in [0, 0.05) is 24.9 Å². The van der Waals surface area contributed by atoms with Crippen LogP contribution in [0.3, 0.4) is 0 Å². The highest BCUT2D eigenvalue weighted by molar-refractivity contribution is 5.81. The quantitative estimate of drug-likeness (QED) is 0.788. The first-order valence-corrected chi connectivity index (χ1v) is 7.46. The topological polar surface area (TPSA) is 83.8 Å². The van der Waals surface area contributed by atoms with Gasteiger partial charge in [-0.05, 0) is 16.5 Å². The molecule has 2 aromatic rings. The monoisotopic (exact) mass is 300 g/mol. The van der Waals surface area contributed by atoms with Crippen LogP contribution in [0.1, 0.15) is 37.6 Å². The Bertz CT molecular complexity index is 614. The van der Waals surface area contributed by atoms with Crippen LogP contribution in [-0.4, -0.2) is 21.9 Å². The zero-order valence-electron chi connectivity index (χ0n) is 13.4. The Kier molecular flexibility index (Phi) is 4.98. The van der Waals surface area contributed by atoms with Crippen LogP contribution in [0.25, 0.3) is 0 Å². The molecule has 0 saturated heterocycles. The number of aromatic nitrogens is 2. The minimum Gasteiger partial charge on any atom is -0.351 e. The van der Waals surface area contributed by atoms with Crippen LogP contribution in [0.5, 0.6) is 0 Å². The van der Waals surface area contributed by atoms with Gasteiger partial charge in [0.1, 0.15) is 0 Å². The van der Waals surface area contributed by atoms with Crippen molar-refractivity contribution in [3.63, 3.8) is 0 Å². The van der Waals surface area contributed by atoms with Crippen molar-refractivity contribution >= 4 is 5.91 Å². The summed E-state index contributed by atoms with van der Waals surface area (Å²) in [5, 5.41) is 2.89. The number of hydrogen-bond donors (Lipinski definition) is 3. The summed E-state index contributed by atoms with van der Waals surface area (Å²) in [6.07, 6.45) is 3.71. The van der Waals surface area contributed by atoms with Crippen molar-refractivity contribution < 1.29 is 4.79 Å². The molecule has 0 unspecified atom stereocenters.